The Balaban J connectivity index is 2.31. The van der Waals surface area contributed by atoms with Gasteiger partial charge in [0.25, 0.3) is 0 Å². The van der Waals surface area contributed by atoms with Gasteiger partial charge in [0.05, 0.1) is 4.90 Å². The van der Waals surface area contributed by atoms with E-state index in [1.54, 1.807) is 14.0 Å². The largest absolute Gasteiger partial charge is 0.243 e. The fraction of sp³-hybridized carbons (Fsp3) is 0.600. The predicted molar refractivity (Wildman–Crippen MR) is 77.6 cm³/mol. The van der Waals surface area contributed by atoms with E-state index in [9.17, 15) is 12.8 Å². The molecule has 3 nitrogen and oxygen atoms in total. The van der Waals surface area contributed by atoms with Gasteiger partial charge in [0.1, 0.15) is 5.82 Å². The summed E-state index contributed by atoms with van der Waals surface area (Å²) in [6.45, 7) is 1.70. The zero-order valence-electron chi connectivity index (χ0n) is 12.1. The van der Waals surface area contributed by atoms with Crippen molar-refractivity contribution in [2.24, 2.45) is 0 Å². The molecule has 20 heavy (non-hydrogen) atoms. The molecule has 0 heterocycles. The minimum absolute atomic E-state index is 0.0326. The molecule has 1 aromatic carbocycles. The molecule has 5 heteroatoms. The van der Waals surface area contributed by atoms with Gasteiger partial charge in [0.15, 0.2) is 0 Å². The third kappa shape index (κ3) is 3.20. The van der Waals surface area contributed by atoms with Crippen LogP contribution >= 0.6 is 0 Å². The van der Waals surface area contributed by atoms with Gasteiger partial charge >= 0.3 is 0 Å². The Hall–Kier alpha value is -0.940. The number of rotatable bonds is 3. The van der Waals surface area contributed by atoms with Crippen LogP contribution in [-0.2, 0) is 10.0 Å². The van der Waals surface area contributed by atoms with E-state index in [4.69, 9.17) is 0 Å². The van der Waals surface area contributed by atoms with E-state index in [2.05, 4.69) is 0 Å². The Morgan fingerprint density at radius 2 is 1.75 bits per heavy atom. The van der Waals surface area contributed by atoms with Crippen molar-refractivity contribution in [2.45, 2.75) is 56.4 Å². The number of hydrogen-bond donors (Lipinski definition) is 0. The summed E-state index contributed by atoms with van der Waals surface area (Å²) >= 11 is 0. The van der Waals surface area contributed by atoms with Crippen LogP contribution in [0.15, 0.2) is 23.1 Å². The van der Waals surface area contributed by atoms with Gasteiger partial charge in [-0.2, -0.15) is 4.31 Å². The summed E-state index contributed by atoms with van der Waals surface area (Å²) < 4.78 is 40.2. The van der Waals surface area contributed by atoms with Crippen molar-refractivity contribution in [3.8, 4) is 0 Å². The molecule has 0 saturated heterocycles. The molecular weight excluding hydrogens is 277 g/mol. The maximum atomic E-state index is 13.4. The SMILES string of the molecule is Cc1ccc(F)cc1S(=O)(=O)N(C)C1CCCCCC1. The van der Waals surface area contributed by atoms with E-state index in [0.29, 0.717) is 5.56 Å². The van der Waals surface area contributed by atoms with Gasteiger partial charge in [-0.15, -0.1) is 0 Å². The smallest absolute Gasteiger partial charge is 0.207 e. The minimum Gasteiger partial charge on any atom is -0.207 e. The van der Waals surface area contributed by atoms with Gasteiger partial charge in [-0.05, 0) is 37.5 Å². The van der Waals surface area contributed by atoms with Crippen molar-refractivity contribution in [1.82, 2.24) is 4.31 Å². The highest BCUT2D eigenvalue weighted by atomic mass is 32.2. The van der Waals surface area contributed by atoms with Crippen LogP contribution in [0.2, 0.25) is 0 Å². The summed E-state index contributed by atoms with van der Waals surface area (Å²) in [6.07, 6.45) is 6.25. The van der Waals surface area contributed by atoms with E-state index in [1.807, 2.05) is 0 Å². The molecule has 112 valence electrons. The molecule has 0 bridgehead atoms. The molecule has 0 atom stereocenters. The zero-order chi connectivity index (χ0) is 14.8. The van der Waals surface area contributed by atoms with Gasteiger partial charge in [0.2, 0.25) is 10.0 Å². The minimum atomic E-state index is -3.61. The lowest BCUT2D eigenvalue weighted by atomic mass is 10.1. The first-order valence-electron chi connectivity index (χ1n) is 7.17. The maximum Gasteiger partial charge on any atom is 0.243 e. The monoisotopic (exact) mass is 299 g/mol. The average molecular weight is 299 g/mol. The van der Waals surface area contributed by atoms with Crippen molar-refractivity contribution < 1.29 is 12.8 Å². The lowest BCUT2D eigenvalue weighted by Crippen LogP contribution is -2.37. The second kappa shape index (κ2) is 6.22. The molecule has 0 radical (unpaired) electrons. The lowest BCUT2D eigenvalue weighted by molar-refractivity contribution is 0.335. The molecule has 1 saturated carbocycles. The Kier molecular flexibility index (Phi) is 4.81. The Morgan fingerprint density at radius 3 is 2.35 bits per heavy atom. The summed E-state index contributed by atoms with van der Waals surface area (Å²) in [5, 5.41) is 0. The number of aryl methyl sites for hydroxylation is 1. The van der Waals surface area contributed by atoms with Crippen molar-refractivity contribution >= 4 is 10.0 Å². The van der Waals surface area contributed by atoms with Crippen LogP contribution in [0, 0.1) is 12.7 Å². The van der Waals surface area contributed by atoms with Crippen LogP contribution in [-0.4, -0.2) is 25.8 Å². The molecule has 0 amide bonds. The van der Waals surface area contributed by atoms with Crippen molar-refractivity contribution in [3.05, 3.63) is 29.6 Å². The van der Waals surface area contributed by atoms with Crippen LogP contribution in [0.1, 0.15) is 44.1 Å². The van der Waals surface area contributed by atoms with Crippen LogP contribution in [0.3, 0.4) is 0 Å². The van der Waals surface area contributed by atoms with Crippen LogP contribution in [0.25, 0.3) is 0 Å². The molecule has 0 aliphatic heterocycles. The molecule has 0 N–H and O–H groups in total. The summed E-state index contributed by atoms with van der Waals surface area (Å²) in [7, 11) is -1.99. The second-order valence-electron chi connectivity index (χ2n) is 5.58. The van der Waals surface area contributed by atoms with Crippen LogP contribution in [0.5, 0.6) is 0 Å². The quantitative estimate of drug-likeness (QED) is 0.801. The first-order chi connectivity index (χ1) is 9.43. The van der Waals surface area contributed by atoms with Crippen molar-refractivity contribution in [2.75, 3.05) is 7.05 Å². The molecule has 2 rings (SSSR count). The van der Waals surface area contributed by atoms with E-state index >= 15 is 0 Å². The van der Waals surface area contributed by atoms with Gasteiger partial charge < -0.3 is 0 Å². The van der Waals surface area contributed by atoms with Gasteiger partial charge in [-0.3, -0.25) is 0 Å². The summed E-state index contributed by atoms with van der Waals surface area (Å²) in [5.41, 5.74) is 0.590. The normalized spacial score (nSPS) is 18.2. The maximum absolute atomic E-state index is 13.4. The zero-order valence-corrected chi connectivity index (χ0v) is 12.9. The molecule has 0 aromatic heterocycles. The van der Waals surface area contributed by atoms with Gasteiger partial charge in [-0.1, -0.05) is 31.7 Å². The summed E-state index contributed by atoms with van der Waals surface area (Å²) in [6, 6.07) is 3.96. The summed E-state index contributed by atoms with van der Waals surface area (Å²) in [4.78, 5) is 0.0873. The molecule has 1 fully saturated rings. The van der Waals surface area contributed by atoms with E-state index in [0.717, 1.165) is 31.7 Å². The summed E-state index contributed by atoms with van der Waals surface area (Å²) in [5.74, 6) is -0.511. The number of hydrogen-bond acceptors (Lipinski definition) is 2. The van der Waals surface area contributed by atoms with Crippen LogP contribution < -0.4 is 0 Å². The number of nitrogens with zero attached hydrogens (tertiary/aromatic N) is 1. The molecular formula is C15H22FNO2S. The number of halogens is 1. The molecule has 0 unspecified atom stereocenters. The Morgan fingerprint density at radius 1 is 1.15 bits per heavy atom. The van der Waals surface area contributed by atoms with Crippen LogP contribution in [0.4, 0.5) is 4.39 Å². The third-order valence-corrected chi connectivity index (χ3v) is 6.20. The molecule has 0 spiro atoms. The first kappa shape index (κ1) is 15.4. The predicted octanol–water partition coefficient (Wildman–Crippen LogP) is 3.48. The van der Waals surface area contributed by atoms with Crippen molar-refractivity contribution in [3.63, 3.8) is 0 Å². The molecule has 1 aliphatic rings. The molecule has 1 aliphatic carbocycles. The van der Waals surface area contributed by atoms with E-state index < -0.39 is 15.8 Å². The number of sulfonamides is 1. The second-order valence-corrected chi connectivity index (χ2v) is 7.54. The topological polar surface area (TPSA) is 37.4 Å². The highest BCUT2D eigenvalue weighted by Gasteiger charge is 2.29. The average Bonchev–Trinajstić information content (AvgIpc) is 2.69. The standard InChI is InChI=1S/C15H22FNO2S/c1-12-9-10-13(16)11-15(12)20(18,19)17(2)14-7-5-3-4-6-8-14/h9-11,14H,3-8H2,1-2H3. The third-order valence-electron chi connectivity index (χ3n) is 4.15. The lowest BCUT2D eigenvalue weighted by Gasteiger charge is -2.27. The first-order valence-corrected chi connectivity index (χ1v) is 8.61. The Labute approximate surface area is 120 Å². The van der Waals surface area contributed by atoms with Gasteiger partial charge in [0, 0.05) is 13.1 Å². The van der Waals surface area contributed by atoms with E-state index in [-0.39, 0.29) is 10.9 Å². The highest BCUT2D eigenvalue weighted by molar-refractivity contribution is 7.89. The molecule has 1 aromatic rings. The van der Waals surface area contributed by atoms with Gasteiger partial charge in [-0.25, -0.2) is 12.8 Å². The van der Waals surface area contributed by atoms with E-state index in [1.165, 1.54) is 29.3 Å². The van der Waals surface area contributed by atoms with Crippen molar-refractivity contribution in [1.29, 1.82) is 0 Å². The fourth-order valence-electron chi connectivity index (χ4n) is 2.82. The number of benzene rings is 1. The highest BCUT2D eigenvalue weighted by Crippen LogP contribution is 2.27. The Bertz CT molecular complexity index is 563. The fourth-order valence-corrected chi connectivity index (χ4v) is 4.47.